The Kier molecular flexibility index (Phi) is 9.43. The lowest BCUT2D eigenvalue weighted by Crippen LogP contribution is -2.28. The van der Waals surface area contributed by atoms with Crippen LogP contribution < -0.4 is 10.1 Å². The third-order valence-corrected chi connectivity index (χ3v) is 6.96. The average molecular weight is 595 g/mol. The second kappa shape index (κ2) is 13.6. The standard InChI is InChI=1S/C35H38N4O5/c1-5-42-33(40)21-31(26-19-24-9-6-7-11-29(24)36-22-26)39-17-15-25-20-28(13-14-30(25)39)43-18-16-27-10-8-12-32(38-27)37-23-34(41)44-35(2,3)4/h6-15,17,19-20,22,31H,5,16,18,21,23H2,1-4H3,(H,37,38). The van der Waals surface area contributed by atoms with Crippen LogP contribution in [-0.4, -0.2) is 51.8 Å². The highest BCUT2D eigenvalue weighted by Crippen LogP contribution is 2.31. The number of nitrogens with one attached hydrogen (secondary N) is 1. The molecule has 0 aliphatic rings. The molecule has 3 aromatic heterocycles. The largest absolute Gasteiger partial charge is 0.493 e. The van der Waals surface area contributed by atoms with Crippen molar-refractivity contribution in [2.75, 3.05) is 25.1 Å². The smallest absolute Gasteiger partial charge is 0.325 e. The van der Waals surface area contributed by atoms with Crippen LogP contribution in [0.15, 0.2) is 85.2 Å². The Morgan fingerprint density at radius 1 is 0.955 bits per heavy atom. The van der Waals surface area contributed by atoms with Gasteiger partial charge in [0.05, 0.1) is 31.2 Å². The SMILES string of the molecule is CCOC(=O)CC(c1cnc2ccccc2c1)n1ccc2cc(OCCc3cccc(NCC(=O)OC(C)(C)C)n3)ccc21. The van der Waals surface area contributed by atoms with Crippen LogP contribution >= 0.6 is 0 Å². The molecule has 1 N–H and O–H groups in total. The van der Waals surface area contributed by atoms with Gasteiger partial charge in [-0.05, 0) is 81.8 Å². The number of fused-ring (bicyclic) bond motifs is 2. The Hall–Kier alpha value is -4.92. The molecule has 44 heavy (non-hydrogen) atoms. The number of nitrogens with zero attached hydrogens (tertiary/aromatic N) is 3. The molecule has 0 spiro atoms. The van der Waals surface area contributed by atoms with E-state index in [0.29, 0.717) is 25.5 Å². The van der Waals surface area contributed by atoms with E-state index in [1.54, 1.807) is 0 Å². The summed E-state index contributed by atoms with van der Waals surface area (Å²) in [7, 11) is 0. The first-order valence-electron chi connectivity index (χ1n) is 14.8. The maximum absolute atomic E-state index is 12.6. The van der Waals surface area contributed by atoms with Gasteiger partial charge in [-0.1, -0.05) is 24.3 Å². The van der Waals surface area contributed by atoms with E-state index in [-0.39, 0.29) is 30.9 Å². The number of benzene rings is 2. The molecule has 0 radical (unpaired) electrons. The van der Waals surface area contributed by atoms with E-state index < -0.39 is 5.60 Å². The second-order valence-electron chi connectivity index (χ2n) is 11.5. The quantitative estimate of drug-likeness (QED) is 0.163. The fourth-order valence-corrected chi connectivity index (χ4v) is 5.06. The molecule has 0 fully saturated rings. The van der Waals surface area contributed by atoms with Crippen molar-refractivity contribution in [1.29, 1.82) is 0 Å². The highest BCUT2D eigenvalue weighted by molar-refractivity contribution is 5.83. The van der Waals surface area contributed by atoms with Gasteiger partial charge in [-0.15, -0.1) is 0 Å². The minimum Gasteiger partial charge on any atom is -0.493 e. The zero-order valence-electron chi connectivity index (χ0n) is 25.6. The molecule has 9 heteroatoms. The topological polar surface area (TPSA) is 105 Å². The van der Waals surface area contributed by atoms with Crippen molar-refractivity contribution in [3.63, 3.8) is 0 Å². The van der Waals surface area contributed by atoms with E-state index in [4.69, 9.17) is 14.2 Å². The van der Waals surface area contributed by atoms with E-state index >= 15 is 0 Å². The van der Waals surface area contributed by atoms with E-state index in [0.717, 1.165) is 38.8 Å². The number of ether oxygens (including phenoxy) is 3. The first-order chi connectivity index (χ1) is 21.2. The van der Waals surface area contributed by atoms with Gasteiger partial charge in [0.15, 0.2) is 0 Å². The summed E-state index contributed by atoms with van der Waals surface area (Å²) >= 11 is 0. The number of carbonyl (C=O) groups is 2. The Balaban J connectivity index is 1.26. The Morgan fingerprint density at radius 2 is 1.80 bits per heavy atom. The van der Waals surface area contributed by atoms with Crippen molar-refractivity contribution in [3.05, 3.63) is 96.4 Å². The first-order valence-corrected chi connectivity index (χ1v) is 14.8. The summed E-state index contributed by atoms with van der Waals surface area (Å²) in [6.07, 6.45) is 4.62. The second-order valence-corrected chi connectivity index (χ2v) is 11.5. The molecule has 1 unspecified atom stereocenters. The zero-order valence-corrected chi connectivity index (χ0v) is 25.6. The fourth-order valence-electron chi connectivity index (χ4n) is 5.06. The third-order valence-electron chi connectivity index (χ3n) is 6.96. The number of hydrogen-bond acceptors (Lipinski definition) is 8. The van der Waals surface area contributed by atoms with Gasteiger partial charge in [0.2, 0.25) is 0 Å². The molecule has 0 aliphatic heterocycles. The molecule has 5 rings (SSSR count). The van der Waals surface area contributed by atoms with Crippen molar-refractivity contribution in [2.24, 2.45) is 0 Å². The van der Waals surface area contributed by atoms with Crippen molar-refractivity contribution >= 4 is 39.6 Å². The van der Waals surface area contributed by atoms with Crippen LogP contribution in [0.4, 0.5) is 5.82 Å². The lowest BCUT2D eigenvalue weighted by Gasteiger charge is -2.20. The maximum Gasteiger partial charge on any atom is 0.325 e. The Labute approximate surface area is 257 Å². The van der Waals surface area contributed by atoms with Gasteiger partial charge in [-0.25, -0.2) is 4.98 Å². The molecule has 0 amide bonds. The van der Waals surface area contributed by atoms with Crippen molar-refractivity contribution < 1.29 is 23.8 Å². The molecule has 2 aromatic carbocycles. The van der Waals surface area contributed by atoms with Gasteiger partial charge in [0.1, 0.15) is 23.7 Å². The number of carbonyl (C=O) groups excluding carboxylic acids is 2. The molecule has 0 saturated heterocycles. The Bertz CT molecular complexity index is 1760. The predicted molar refractivity (Wildman–Crippen MR) is 171 cm³/mol. The number of hydrogen-bond donors (Lipinski definition) is 1. The van der Waals surface area contributed by atoms with E-state index in [9.17, 15) is 9.59 Å². The number of anilines is 1. The predicted octanol–water partition coefficient (Wildman–Crippen LogP) is 6.50. The molecule has 0 aliphatic carbocycles. The van der Waals surface area contributed by atoms with Crippen LogP contribution in [0.5, 0.6) is 5.75 Å². The van der Waals surface area contributed by atoms with Crippen LogP contribution in [0.3, 0.4) is 0 Å². The lowest BCUT2D eigenvalue weighted by atomic mass is 10.0. The minimum atomic E-state index is -0.532. The van der Waals surface area contributed by atoms with Gasteiger partial charge in [-0.3, -0.25) is 14.6 Å². The molecule has 0 saturated carbocycles. The minimum absolute atomic E-state index is 0.0436. The molecule has 9 nitrogen and oxygen atoms in total. The average Bonchev–Trinajstić information content (AvgIpc) is 3.41. The van der Waals surface area contributed by atoms with E-state index in [2.05, 4.69) is 25.9 Å². The fraction of sp³-hybridized carbons (Fsp3) is 0.314. The summed E-state index contributed by atoms with van der Waals surface area (Å²) in [5, 5.41) is 5.04. The molecule has 228 valence electrons. The highest BCUT2D eigenvalue weighted by atomic mass is 16.6. The van der Waals surface area contributed by atoms with Gasteiger partial charge in [0, 0.05) is 40.8 Å². The summed E-state index contributed by atoms with van der Waals surface area (Å²) < 4.78 is 18.8. The molecule has 1 atom stereocenters. The van der Waals surface area contributed by atoms with Gasteiger partial charge >= 0.3 is 11.9 Å². The number of pyridine rings is 2. The van der Waals surface area contributed by atoms with Crippen LogP contribution in [-0.2, 0) is 25.5 Å². The van der Waals surface area contributed by atoms with Crippen molar-refractivity contribution in [3.8, 4) is 5.75 Å². The summed E-state index contributed by atoms with van der Waals surface area (Å²) in [5.41, 5.74) is 3.13. The van der Waals surface area contributed by atoms with Crippen LogP contribution in [0.2, 0.25) is 0 Å². The first kappa shape index (κ1) is 30.5. The summed E-state index contributed by atoms with van der Waals surface area (Å²) in [6, 6.07) is 23.4. The van der Waals surface area contributed by atoms with Gasteiger partial charge in [-0.2, -0.15) is 0 Å². The Morgan fingerprint density at radius 3 is 2.61 bits per heavy atom. The summed E-state index contributed by atoms with van der Waals surface area (Å²) in [4.78, 5) is 33.9. The molecule has 5 aromatic rings. The van der Waals surface area contributed by atoms with E-state index in [1.165, 1.54) is 0 Å². The molecule has 3 heterocycles. The van der Waals surface area contributed by atoms with Gasteiger partial charge < -0.3 is 24.1 Å². The zero-order chi connectivity index (χ0) is 31.1. The van der Waals surface area contributed by atoms with Crippen LogP contribution in [0.1, 0.15) is 51.4 Å². The lowest BCUT2D eigenvalue weighted by molar-refractivity contribution is -0.152. The highest BCUT2D eigenvalue weighted by Gasteiger charge is 2.21. The molecular weight excluding hydrogens is 556 g/mol. The number of rotatable bonds is 12. The maximum atomic E-state index is 12.6. The summed E-state index contributed by atoms with van der Waals surface area (Å²) in [6.45, 7) is 8.13. The van der Waals surface area contributed by atoms with E-state index in [1.807, 2.05) is 107 Å². The van der Waals surface area contributed by atoms with Crippen molar-refractivity contribution in [1.82, 2.24) is 14.5 Å². The molecule has 0 bridgehead atoms. The number of para-hydroxylation sites is 1. The van der Waals surface area contributed by atoms with Crippen LogP contribution in [0, 0.1) is 0 Å². The van der Waals surface area contributed by atoms with Crippen molar-refractivity contribution in [2.45, 2.75) is 52.2 Å². The third kappa shape index (κ3) is 7.92. The normalized spacial score (nSPS) is 12.2. The number of aromatic nitrogens is 3. The summed E-state index contributed by atoms with van der Waals surface area (Å²) in [5.74, 6) is 0.752. The number of esters is 2. The molecular formula is C35H38N4O5. The monoisotopic (exact) mass is 594 g/mol. The van der Waals surface area contributed by atoms with Gasteiger partial charge in [0.25, 0.3) is 0 Å². The van der Waals surface area contributed by atoms with Crippen LogP contribution in [0.25, 0.3) is 21.8 Å².